The molecule has 0 unspecified atom stereocenters. The summed E-state index contributed by atoms with van der Waals surface area (Å²) in [5.41, 5.74) is 1.91. The third-order valence-corrected chi connectivity index (χ3v) is 3.70. The second-order valence-corrected chi connectivity index (χ2v) is 6.00. The highest BCUT2D eigenvalue weighted by Gasteiger charge is 2.19. The molecule has 0 radical (unpaired) electrons. The van der Waals surface area contributed by atoms with Gasteiger partial charge in [0.05, 0.1) is 18.1 Å². The smallest absolute Gasteiger partial charge is 0.237 e. The van der Waals surface area contributed by atoms with Gasteiger partial charge in [-0.15, -0.1) is 0 Å². The van der Waals surface area contributed by atoms with E-state index >= 15 is 0 Å². The monoisotopic (exact) mass is 300 g/mol. The number of carbonyl (C=O) groups is 1. The minimum atomic E-state index is -0.224. The number of rotatable bonds is 5. The molecule has 1 aromatic carbocycles. The molecule has 118 valence electrons. The van der Waals surface area contributed by atoms with E-state index in [0.717, 1.165) is 22.4 Å². The molecule has 2 aromatic rings. The van der Waals surface area contributed by atoms with Crippen molar-refractivity contribution in [2.75, 3.05) is 7.05 Å². The first-order valence-electron chi connectivity index (χ1n) is 7.61. The molecule has 1 heterocycles. The van der Waals surface area contributed by atoms with E-state index in [1.54, 1.807) is 0 Å². The van der Waals surface area contributed by atoms with Crippen molar-refractivity contribution in [2.24, 2.45) is 0 Å². The minimum Gasteiger partial charge on any atom is -0.353 e. The third kappa shape index (κ3) is 3.80. The molecule has 1 N–H and O–H groups in total. The van der Waals surface area contributed by atoms with Crippen LogP contribution in [0.25, 0.3) is 10.9 Å². The molecule has 1 aromatic heterocycles. The fraction of sp³-hybridized carbons (Fsp3) is 0.471. The molecule has 0 aliphatic carbocycles. The maximum Gasteiger partial charge on any atom is 0.237 e. The predicted octanol–water partition coefficient (Wildman–Crippen LogP) is 2.28. The average molecular weight is 300 g/mol. The summed E-state index contributed by atoms with van der Waals surface area (Å²) >= 11 is 0. The molecule has 1 amide bonds. The molecular weight excluding hydrogens is 276 g/mol. The van der Waals surface area contributed by atoms with Crippen molar-refractivity contribution in [3.63, 3.8) is 0 Å². The molecule has 22 heavy (non-hydrogen) atoms. The SMILES string of the molecule is Cc1nc(CN(C)[C@H](C)C(=O)NC(C)C)nc2ccccc12. The number of fused-ring (bicyclic) bond motifs is 1. The van der Waals surface area contributed by atoms with Crippen molar-refractivity contribution in [1.82, 2.24) is 20.2 Å². The van der Waals surface area contributed by atoms with Crippen LogP contribution in [0.5, 0.6) is 0 Å². The Morgan fingerprint density at radius 1 is 1.23 bits per heavy atom. The summed E-state index contributed by atoms with van der Waals surface area (Å²) in [5.74, 6) is 0.762. The van der Waals surface area contributed by atoms with Crippen LogP contribution in [0, 0.1) is 6.92 Å². The van der Waals surface area contributed by atoms with Gasteiger partial charge in [-0.3, -0.25) is 9.69 Å². The molecule has 0 spiro atoms. The van der Waals surface area contributed by atoms with Gasteiger partial charge in [-0.05, 0) is 40.8 Å². The summed E-state index contributed by atoms with van der Waals surface area (Å²) in [4.78, 5) is 23.2. The molecule has 0 saturated heterocycles. The van der Waals surface area contributed by atoms with Crippen molar-refractivity contribution in [1.29, 1.82) is 0 Å². The van der Waals surface area contributed by atoms with Crippen molar-refractivity contribution >= 4 is 16.8 Å². The number of nitrogens with one attached hydrogen (secondary N) is 1. The molecule has 0 aliphatic rings. The number of hydrogen-bond donors (Lipinski definition) is 1. The van der Waals surface area contributed by atoms with Gasteiger partial charge in [0.2, 0.25) is 5.91 Å². The Balaban J connectivity index is 2.14. The lowest BCUT2D eigenvalue weighted by molar-refractivity contribution is -0.126. The Labute approximate surface area is 131 Å². The number of likely N-dealkylation sites (N-methyl/N-ethyl adjacent to an activating group) is 1. The standard InChI is InChI=1S/C17H24N4O/c1-11(2)18-17(22)13(4)21(5)10-16-19-12(3)14-8-6-7-9-15(14)20-16/h6-9,11,13H,10H2,1-5H3,(H,18,22)/t13-/m1/s1. The minimum absolute atomic E-state index is 0.0232. The summed E-state index contributed by atoms with van der Waals surface area (Å²) in [6, 6.07) is 7.89. The quantitative estimate of drug-likeness (QED) is 0.920. The Morgan fingerprint density at radius 2 is 1.91 bits per heavy atom. The first-order chi connectivity index (χ1) is 10.4. The number of para-hydroxylation sites is 1. The number of carbonyl (C=O) groups excluding carboxylic acids is 1. The van der Waals surface area contributed by atoms with Gasteiger partial charge < -0.3 is 5.32 Å². The number of aromatic nitrogens is 2. The molecule has 5 nitrogen and oxygen atoms in total. The van der Waals surface area contributed by atoms with Crippen LogP contribution < -0.4 is 5.32 Å². The fourth-order valence-electron chi connectivity index (χ4n) is 2.33. The van der Waals surface area contributed by atoms with Gasteiger partial charge in [-0.1, -0.05) is 18.2 Å². The molecule has 2 rings (SSSR count). The van der Waals surface area contributed by atoms with Crippen molar-refractivity contribution in [2.45, 2.75) is 46.3 Å². The molecule has 0 bridgehead atoms. The molecule has 0 aliphatic heterocycles. The van der Waals surface area contributed by atoms with Crippen LogP contribution in [-0.2, 0) is 11.3 Å². The highest BCUT2D eigenvalue weighted by Crippen LogP contribution is 2.15. The van der Waals surface area contributed by atoms with Crippen LogP contribution in [0.1, 0.15) is 32.3 Å². The number of hydrogen-bond acceptors (Lipinski definition) is 4. The summed E-state index contributed by atoms with van der Waals surface area (Å²) in [6.45, 7) is 8.34. The summed E-state index contributed by atoms with van der Waals surface area (Å²) in [7, 11) is 1.92. The van der Waals surface area contributed by atoms with E-state index in [1.807, 2.05) is 63.9 Å². The van der Waals surface area contributed by atoms with Crippen LogP contribution >= 0.6 is 0 Å². The molecule has 0 fully saturated rings. The number of nitrogens with zero attached hydrogens (tertiary/aromatic N) is 3. The van der Waals surface area contributed by atoms with Crippen LogP contribution in [0.15, 0.2) is 24.3 Å². The number of amides is 1. The van der Waals surface area contributed by atoms with Gasteiger partial charge in [-0.2, -0.15) is 0 Å². The lowest BCUT2D eigenvalue weighted by atomic mass is 10.2. The molecule has 1 atom stereocenters. The second kappa shape index (κ2) is 6.83. The van der Waals surface area contributed by atoms with E-state index in [4.69, 9.17) is 0 Å². The zero-order chi connectivity index (χ0) is 16.3. The van der Waals surface area contributed by atoms with Crippen molar-refractivity contribution in [3.8, 4) is 0 Å². The van der Waals surface area contributed by atoms with Gasteiger partial charge in [0.1, 0.15) is 5.82 Å². The van der Waals surface area contributed by atoms with Crippen LogP contribution in [0.3, 0.4) is 0 Å². The number of benzene rings is 1. The lowest BCUT2D eigenvalue weighted by Gasteiger charge is -2.24. The van der Waals surface area contributed by atoms with Gasteiger partial charge in [0, 0.05) is 17.1 Å². The number of aryl methyl sites for hydroxylation is 1. The lowest BCUT2D eigenvalue weighted by Crippen LogP contribution is -2.45. The van der Waals surface area contributed by atoms with Crippen LogP contribution in [-0.4, -0.2) is 39.9 Å². The highest BCUT2D eigenvalue weighted by atomic mass is 16.2. The van der Waals surface area contributed by atoms with E-state index in [9.17, 15) is 4.79 Å². The van der Waals surface area contributed by atoms with Crippen LogP contribution in [0.4, 0.5) is 0 Å². The van der Waals surface area contributed by atoms with Gasteiger partial charge in [0.15, 0.2) is 0 Å². The normalized spacial score (nSPS) is 12.9. The van der Waals surface area contributed by atoms with E-state index in [1.165, 1.54) is 0 Å². The third-order valence-electron chi connectivity index (χ3n) is 3.70. The zero-order valence-electron chi connectivity index (χ0n) is 13.9. The molecular formula is C17H24N4O. The summed E-state index contributed by atoms with van der Waals surface area (Å²) in [5, 5.41) is 4.00. The highest BCUT2D eigenvalue weighted by molar-refractivity contribution is 5.81. The first-order valence-corrected chi connectivity index (χ1v) is 7.61. The maximum atomic E-state index is 12.1. The Hall–Kier alpha value is -2.01. The molecule has 5 heteroatoms. The zero-order valence-corrected chi connectivity index (χ0v) is 13.9. The topological polar surface area (TPSA) is 58.1 Å². The van der Waals surface area contributed by atoms with Gasteiger partial charge in [0.25, 0.3) is 0 Å². The van der Waals surface area contributed by atoms with E-state index in [-0.39, 0.29) is 18.0 Å². The second-order valence-electron chi connectivity index (χ2n) is 6.00. The van der Waals surface area contributed by atoms with E-state index < -0.39 is 0 Å². The van der Waals surface area contributed by atoms with Crippen molar-refractivity contribution < 1.29 is 4.79 Å². The predicted molar refractivity (Wildman–Crippen MR) is 88.5 cm³/mol. The van der Waals surface area contributed by atoms with Crippen LogP contribution in [0.2, 0.25) is 0 Å². The largest absolute Gasteiger partial charge is 0.353 e. The average Bonchev–Trinajstić information content (AvgIpc) is 2.45. The van der Waals surface area contributed by atoms with E-state index in [2.05, 4.69) is 15.3 Å². The van der Waals surface area contributed by atoms with Crippen molar-refractivity contribution in [3.05, 3.63) is 35.8 Å². The Bertz CT molecular complexity index is 669. The van der Waals surface area contributed by atoms with Gasteiger partial charge in [-0.25, -0.2) is 9.97 Å². The Kier molecular flexibility index (Phi) is 5.08. The summed E-state index contributed by atoms with van der Waals surface area (Å²) in [6.07, 6.45) is 0. The Morgan fingerprint density at radius 3 is 2.59 bits per heavy atom. The fourth-order valence-corrected chi connectivity index (χ4v) is 2.33. The van der Waals surface area contributed by atoms with Gasteiger partial charge >= 0.3 is 0 Å². The van der Waals surface area contributed by atoms with E-state index in [0.29, 0.717) is 6.54 Å². The first kappa shape index (κ1) is 16.4. The summed E-state index contributed by atoms with van der Waals surface area (Å²) < 4.78 is 0. The maximum absolute atomic E-state index is 12.1. The molecule has 0 saturated carbocycles.